The van der Waals surface area contributed by atoms with Crippen molar-refractivity contribution in [3.8, 4) is 0 Å². The Morgan fingerprint density at radius 3 is 2.40 bits per heavy atom. The maximum Gasteiger partial charge on any atom is 0.237 e. The minimum Gasteiger partial charge on any atom is -0.390 e. The molecular formula is C21H25NO2S. The van der Waals surface area contributed by atoms with Gasteiger partial charge in [0.05, 0.1) is 16.9 Å². The summed E-state index contributed by atoms with van der Waals surface area (Å²) in [4.78, 5) is 13.9. The summed E-state index contributed by atoms with van der Waals surface area (Å²) < 4.78 is -0.362. The monoisotopic (exact) mass is 355 g/mol. The van der Waals surface area contributed by atoms with E-state index in [1.807, 2.05) is 68.4 Å². The van der Waals surface area contributed by atoms with E-state index in [-0.39, 0.29) is 16.7 Å². The Hall–Kier alpha value is -1.78. The predicted octanol–water partition coefficient (Wildman–Crippen LogP) is 4.11. The molecule has 0 bridgehead atoms. The van der Waals surface area contributed by atoms with Crippen LogP contribution in [0.5, 0.6) is 0 Å². The van der Waals surface area contributed by atoms with Gasteiger partial charge in [0.25, 0.3) is 0 Å². The molecule has 2 unspecified atom stereocenters. The van der Waals surface area contributed by atoms with Crippen molar-refractivity contribution in [3.63, 3.8) is 0 Å². The summed E-state index contributed by atoms with van der Waals surface area (Å²) in [5, 5.41) is 13.4. The van der Waals surface area contributed by atoms with Crippen LogP contribution in [-0.4, -0.2) is 21.9 Å². The van der Waals surface area contributed by atoms with Gasteiger partial charge in [0, 0.05) is 11.3 Å². The van der Waals surface area contributed by atoms with Crippen molar-refractivity contribution in [2.24, 2.45) is 0 Å². The number of hydrogen-bond donors (Lipinski definition) is 2. The Morgan fingerprint density at radius 2 is 1.72 bits per heavy atom. The molecule has 2 aromatic rings. The van der Waals surface area contributed by atoms with Crippen LogP contribution >= 0.6 is 11.8 Å². The fourth-order valence-electron chi connectivity index (χ4n) is 3.22. The maximum absolute atomic E-state index is 12.8. The van der Waals surface area contributed by atoms with Gasteiger partial charge >= 0.3 is 0 Å². The van der Waals surface area contributed by atoms with Crippen molar-refractivity contribution < 1.29 is 9.90 Å². The van der Waals surface area contributed by atoms with Crippen molar-refractivity contribution in [1.82, 2.24) is 5.32 Å². The van der Waals surface area contributed by atoms with E-state index in [0.29, 0.717) is 6.42 Å². The molecule has 0 radical (unpaired) electrons. The van der Waals surface area contributed by atoms with Gasteiger partial charge < -0.3 is 10.4 Å². The Morgan fingerprint density at radius 1 is 1.08 bits per heavy atom. The first kappa shape index (κ1) is 18.0. The molecule has 4 heteroatoms. The third-order valence-electron chi connectivity index (χ3n) is 4.66. The van der Waals surface area contributed by atoms with Crippen LogP contribution in [0, 0.1) is 0 Å². The highest BCUT2D eigenvalue weighted by molar-refractivity contribution is 8.01. The molecular weight excluding hydrogens is 330 g/mol. The number of aliphatic hydroxyl groups excluding tert-OH is 1. The van der Waals surface area contributed by atoms with E-state index < -0.39 is 6.10 Å². The molecule has 2 atom stereocenters. The van der Waals surface area contributed by atoms with Gasteiger partial charge in [-0.15, -0.1) is 11.8 Å². The highest BCUT2D eigenvalue weighted by atomic mass is 32.2. The van der Waals surface area contributed by atoms with Crippen molar-refractivity contribution in [2.75, 3.05) is 0 Å². The topological polar surface area (TPSA) is 49.3 Å². The molecule has 3 nitrogen and oxygen atoms in total. The van der Waals surface area contributed by atoms with Crippen LogP contribution in [0.2, 0.25) is 0 Å². The first-order valence-corrected chi connectivity index (χ1v) is 9.80. The summed E-state index contributed by atoms with van der Waals surface area (Å²) in [5.74, 6) is 0.0482. The lowest BCUT2D eigenvalue weighted by atomic mass is 10.1. The van der Waals surface area contributed by atoms with Crippen molar-refractivity contribution in [2.45, 2.75) is 54.9 Å². The lowest BCUT2D eigenvalue weighted by Crippen LogP contribution is -2.40. The third kappa shape index (κ3) is 3.75. The maximum atomic E-state index is 12.8. The molecule has 0 spiro atoms. The fraction of sp³-hybridized carbons (Fsp3) is 0.381. The largest absolute Gasteiger partial charge is 0.390 e. The molecule has 0 aliphatic heterocycles. The zero-order valence-electron chi connectivity index (χ0n) is 14.7. The molecule has 0 saturated heterocycles. The van der Waals surface area contributed by atoms with Crippen LogP contribution in [0.1, 0.15) is 43.9 Å². The number of thioether (sulfide) groups is 1. The number of hydrogen-bond acceptors (Lipinski definition) is 3. The number of rotatable bonds is 4. The van der Waals surface area contributed by atoms with Gasteiger partial charge in [0.1, 0.15) is 0 Å². The first-order valence-electron chi connectivity index (χ1n) is 8.99. The van der Waals surface area contributed by atoms with Gasteiger partial charge in [-0.2, -0.15) is 0 Å². The van der Waals surface area contributed by atoms with Crippen LogP contribution in [-0.2, 0) is 11.2 Å². The average Bonchev–Trinajstić information content (AvgIpc) is 3.36. The molecule has 0 heterocycles. The molecule has 2 aromatic carbocycles. The van der Waals surface area contributed by atoms with Crippen LogP contribution < -0.4 is 5.32 Å². The summed E-state index contributed by atoms with van der Waals surface area (Å²) in [6.07, 6.45) is 1.86. The standard InChI is InChI=1S/C19H19NO2S.C2H6/c21-16-12-13-6-4-5-9-15(13)17(16)20-18(22)19(10-11-19)23-14-7-2-1-3-8-14;1-2/h1-9,16-17,21H,10-12H2,(H,20,22);1-2H3. The third-order valence-corrected chi connectivity index (χ3v) is 6.16. The van der Waals surface area contributed by atoms with Gasteiger partial charge in [-0.1, -0.05) is 56.3 Å². The number of carbonyl (C=O) groups excluding carboxylic acids is 1. The fourth-order valence-corrected chi connectivity index (χ4v) is 4.43. The van der Waals surface area contributed by atoms with E-state index in [1.54, 1.807) is 11.8 Å². The Balaban J connectivity index is 0.000000880. The number of fused-ring (bicyclic) bond motifs is 1. The SMILES string of the molecule is CC.O=C(NC1c2ccccc2CC1O)C1(Sc2ccccc2)CC1. The quantitative estimate of drug-likeness (QED) is 0.868. The van der Waals surface area contributed by atoms with Crippen LogP contribution in [0.15, 0.2) is 59.5 Å². The van der Waals surface area contributed by atoms with Crippen molar-refractivity contribution >= 4 is 17.7 Å². The van der Waals surface area contributed by atoms with Crippen LogP contribution in [0.3, 0.4) is 0 Å². The van der Waals surface area contributed by atoms with Gasteiger partial charge in [-0.3, -0.25) is 4.79 Å². The van der Waals surface area contributed by atoms with E-state index >= 15 is 0 Å². The summed E-state index contributed by atoms with van der Waals surface area (Å²) in [5.41, 5.74) is 2.18. The Bertz CT molecular complexity index is 728. The van der Waals surface area contributed by atoms with Gasteiger partial charge in [-0.05, 0) is 36.1 Å². The van der Waals surface area contributed by atoms with Crippen molar-refractivity contribution in [1.29, 1.82) is 0 Å². The van der Waals surface area contributed by atoms with Crippen molar-refractivity contribution in [3.05, 3.63) is 65.7 Å². The minimum absolute atomic E-state index is 0.0482. The zero-order chi connectivity index (χ0) is 17.9. The summed E-state index contributed by atoms with van der Waals surface area (Å²) in [6, 6.07) is 17.7. The number of nitrogens with one attached hydrogen (secondary N) is 1. The number of carbonyl (C=O) groups is 1. The van der Waals surface area contributed by atoms with Crippen LogP contribution in [0.4, 0.5) is 0 Å². The number of aliphatic hydroxyl groups is 1. The van der Waals surface area contributed by atoms with E-state index in [2.05, 4.69) is 5.32 Å². The molecule has 0 aromatic heterocycles. The summed E-state index contributed by atoms with van der Waals surface area (Å²) >= 11 is 1.64. The first-order chi connectivity index (χ1) is 12.2. The molecule has 4 rings (SSSR count). The number of amides is 1. The Kier molecular flexibility index (Phi) is 5.50. The molecule has 2 aliphatic carbocycles. The average molecular weight is 356 g/mol. The van der Waals surface area contributed by atoms with E-state index in [4.69, 9.17) is 0 Å². The smallest absolute Gasteiger partial charge is 0.237 e. The second kappa shape index (κ2) is 7.63. The van der Waals surface area contributed by atoms with E-state index in [9.17, 15) is 9.90 Å². The van der Waals surface area contributed by atoms with Gasteiger partial charge in [0.15, 0.2) is 0 Å². The lowest BCUT2D eigenvalue weighted by molar-refractivity contribution is -0.122. The second-order valence-electron chi connectivity index (χ2n) is 6.33. The highest BCUT2D eigenvalue weighted by Crippen LogP contribution is 2.52. The van der Waals surface area contributed by atoms with Gasteiger partial charge in [-0.25, -0.2) is 0 Å². The molecule has 1 saturated carbocycles. The highest BCUT2D eigenvalue weighted by Gasteiger charge is 2.52. The molecule has 1 fully saturated rings. The zero-order valence-corrected chi connectivity index (χ0v) is 15.6. The molecule has 1 amide bonds. The van der Waals surface area contributed by atoms with Crippen LogP contribution in [0.25, 0.3) is 0 Å². The summed E-state index contributed by atoms with van der Waals surface area (Å²) in [6.45, 7) is 4.00. The molecule has 25 heavy (non-hydrogen) atoms. The number of benzene rings is 2. The molecule has 2 N–H and O–H groups in total. The molecule has 2 aliphatic rings. The normalized spacial score (nSPS) is 22.4. The summed E-state index contributed by atoms with van der Waals surface area (Å²) in [7, 11) is 0. The predicted molar refractivity (Wildman–Crippen MR) is 103 cm³/mol. The second-order valence-corrected chi connectivity index (χ2v) is 7.79. The minimum atomic E-state index is -0.533. The van der Waals surface area contributed by atoms with E-state index in [1.165, 1.54) is 0 Å². The lowest BCUT2D eigenvalue weighted by Gasteiger charge is -2.22. The van der Waals surface area contributed by atoms with Gasteiger partial charge in [0.2, 0.25) is 5.91 Å². The Labute approximate surface area is 153 Å². The molecule has 132 valence electrons. The van der Waals surface area contributed by atoms with E-state index in [0.717, 1.165) is 28.9 Å².